The molecular formula is C24H30N4O. The van der Waals surface area contributed by atoms with Crippen molar-refractivity contribution in [3.05, 3.63) is 65.2 Å². The van der Waals surface area contributed by atoms with Gasteiger partial charge in [-0.05, 0) is 37.8 Å². The van der Waals surface area contributed by atoms with Crippen LogP contribution in [0.4, 0.5) is 17.5 Å². The van der Waals surface area contributed by atoms with Gasteiger partial charge in [-0.1, -0.05) is 61.9 Å². The fourth-order valence-electron chi connectivity index (χ4n) is 3.43. The molecule has 0 saturated carbocycles. The molecular weight excluding hydrogens is 360 g/mol. The van der Waals surface area contributed by atoms with E-state index in [-0.39, 0.29) is 18.6 Å². The maximum Gasteiger partial charge on any atom is 0.225 e. The van der Waals surface area contributed by atoms with E-state index in [0.717, 1.165) is 22.8 Å². The van der Waals surface area contributed by atoms with Crippen LogP contribution in [0.15, 0.2) is 48.5 Å². The van der Waals surface area contributed by atoms with Gasteiger partial charge in [0.15, 0.2) is 0 Å². The van der Waals surface area contributed by atoms with E-state index in [4.69, 9.17) is 4.98 Å². The number of aliphatic hydroxyl groups is 1. The van der Waals surface area contributed by atoms with Gasteiger partial charge in [0.05, 0.1) is 18.3 Å². The summed E-state index contributed by atoms with van der Waals surface area (Å²) in [4.78, 5) is 9.39. The molecule has 152 valence electrons. The van der Waals surface area contributed by atoms with Crippen LogP contribution in [-0.4, -0.2) is 27.7 Å². The molecule has 1 heterocycles. The van der Waals surface area contributed by atoms with Crippen LogP contribution in [0.3, 0.4) is 0 Å². The molecule has 0 radical (unpaired) electrons. The summed E-state index contributed by atoms with van der Waals surface area (Å²) < 4.78 is 0. The van der Waals surface area contributed by atoms with Crippen molar-refractivity contribution in [3.63, 3.8) is 0 Å². The standard InChI is InChI=1S/C24H30N4O/c1-15(2)21(14-29)26-24-25-20(19-9-7-6-8-10-19)13-22(28-24)27-23-17(4)11-16(3)12-18(23)5/h6-13,15,21,29H,14H2,1-5H3,(H2,25,26,27,28)/t21-/m0/s1. The van der Waals surface area contributed by atoms with Crippen molar-refractivity contribution in [1.29, 1.82) is 0 Å². The number of benzene rings is 2. The lowest BCUT2D eigenvalue weighted by Crippen LogP contribution is -2.30. The van der Waals surface area contributed by atoms with Gasteiger partial charge in [0.2, 0.25) is 5.95 Å². The van der Waals surface area contributed by atoms with Gasteiger partial charge in [-0.3, -0.25) is 0 Å². The average molecular weight is 391 g/mol. The predicted octanol–water partition coefficient (Wildman–Crippen LogP) is 5.24. The number of aromatic nitrogens is 2. The van der Waals surface area contributed by atoms with E-state index in [1.165, 1.54) is 16.7 Å². The zero-order chi connectivity index (χ0) is 21.0. The number of rotatable bonds is 7. The highest BCUT2D eigenvalue weighted by Crippen LogP contribution is 2.28. The van der Waals surface area contributed by atoms with Gasteiger partial charge in [0.1, 0.15) is 5.82 Å². The lowest BCUT2D eigenvalue weighted by Gasteiger charge is -2.21. The molecule has 0 aliphatic rings. The Hall–Kier alpha value is -2.92. The molecule has 5 nitrogen and oxygen atoms in total. The van der Waals surface area contributed by atoms with Crippen LogP contribution >= 0.6 is 0 Å². The van der Waals surface area contributed by atoms with E-state index in [1.807, 2.05) is 36.4 Å². The molecule has 0 aliphatic carbocycles. The SMILES string of the molecule is Cc1cc(C)c(Nc2cc(-c3ccccc3)nc(N[C@@H](CO)C(C)C)n2)c(C)c1. The van der Waals surface area contributed by atoms with E-state index in [9.17, 15) is 5.11 Å². The van der Waals surface area contributed by atoms with Crippen LogP contribution in [0.25, 0.3) is 11.3 Å². The lowest BCUT2D eigenvalue weighted by atomic mass is 10.0. The second-order valence-corrected chi connectivity index (χ2v) is 7.90. The Morgan fingerprint density at radius 3 is 2.17 bits per heavy atom. The summed E-state index contributed by atoms with van der Waals surface area (Å²) in [6.07, 6.45) is 0. The van der Waals surface area contributed by atoms with Gasteiger partial charge < -0.3 is 15.7 Å². The predicted molar refractivity (Wildman–Crippen MR) is 121 cm³/mol. The molecule has 0 saturated heterocycles. The highest BCUT2D eigenvalue weighted by molar-refractivity contribution is 5.70. The Morgan fingerprint density at radius 2 is 1.59 bits per heavy atom. The molecule has 29 heavy (non-hydrogen) atoms. The number of nitrogens with one attached hydrogen (secondary N) is 2. The molecule has 0 amide bonds. The summed E-state index contributed by atoms with van der Waals surface area (Å²) in [5.74, 6) is 1.47. The zero-order valence-corrected chi connectivity index (χ0v) is 17.8. The van der Waals surface area contributed by atoms with Crippen molar-refractivity contribution in [3.8, 4) is 11.3 Å². The summed E-state index contributed by atoms with van der Waals surface area (Å²) in [6.45, 7) is 10.4. The summed E-state index contributed by atoms with van der Waals surface area (Å²) >= 11 is 0. The average Bonchev–Trinajstić information content (AvgIpc) is 2.69. The molecule has 0 fully saturated rings. The third kappa shape index (κ3) is 5.12. The van der Waals surface area contributed by atoms with Crippen molar-refractivity contribution in [2.75, 3.05) is 17.2 Å². The largest absolute Gasteiger partial charge is 0.394 e. The Labute approximate surface area is 173 Å². The Kier molecular flexibility index (Phi) is 6.49. The number of hydrogen-bond acceptors (Lipinski definition) is 5. The normalized spacial score (nSPS) is 12.1. The minimum atomic E-state index is -0.114. The minimum Gasteiger partial charge on any atom is -0.394 e. The first-order chi connectivity index (χ1) is 13.9. The second kappa shape index (κ2) is 9.05. The topological polar surface area (TPSA) is 70.1 Å². The van der Waals surface area contributed by atoms with Crippen molar-refractivity contribution < 1.29 is 5.11 Å². The van der Waals surface area contributed by atoms with E-state index in [1.54, 1.807) is 0 Å². The first-order valence-corrected chi connectivity index (χ1v) is 10.0. The molecule has 0 unspecified atom stereocenters. The first kappa shape index (κ1) is 20.8. The van der Waals surface area contributed by atoms with E-state index >= 15 is 0 Å². The maximum absolute atomic E-state index is 9.71. The number of anilines is 3. The van der Waals surface area contributed by atoms with Gasteiger partial charge >= 0.3 is 0 Å². The van der Waals surface area contributed by atoms with Crippen LogP contribution in [0.5, 0.6) is 0 Å². The van der Waals surface area contributed by atoms with Crippen molar-refractivity contribution in [2.24, 2.45) is 5.92 Å². The molecule has 1 aromatic heterocycles. The monoisotopic (exact) mass is 390 g/mol. The van der Waals surface area contributed by atoms with E-state index in [0.29, 0.717) is 5.95 Å². The van der Waals surface area contributed by atoms with E-state index < -0.39 is 0 Å². The summed E-state index contributed by atoms with van der Waals surface area (Å²) in [5, 5.41) is 16.5. The first-order valence-electron chi connectivity index (χ1n) is 10.0. The van der Waals surface area contributed by atoms with Crippen LogP contribution in [0.2, 0.25) is 0 Å². The molecule has 3 aromatic rings. The fourth-order valence-corrected chi connectivity index (χ4v) is 3.43. The third-order valence-electron chi connectivity index (χ3n) is 5.04. The van der Waals surface area contributed by atoms with Crippen molar-refractivity contribution >= 4 is 17.5 Å². The Morgan fingerprint density at radius 1 is 0.931 bits per heavy atom. The van der Waals surface area contributed by atoms with E-state index in [2.05, 4.69) is 62.4 Å². The Balaban J connectivity index is 2.03. The molecule has 0 spiro atoms. The van der Waals surface area contributed by atoms with Crippen molar-refractivity contribution in [2.45, 2.75) is 40.7 Å². The molecule has 0 bridgehead atoms. The molecule has 3 N–H and O–H groups in total. The Bertz CT molecular complexity index is 947. The molecule has 2 aromatic carbocycles. The molecule has 3 rings (SSSR count). The molecule has 1 atom stereocenters. The highest BCUT2D eigenvalue weighted by Gasteiger charge is 2.15. The smallest absolute Gasteiger partial charge is 0.225 e. The van der Waals surface area contributed by atoms with Crippen LogP contribution in [0.1, 0.15) is 30.5 Å². The second-order valence-electron chi connectivity index (χ2n) is 7.90. The minimum absolute atomic E-state index is 0.0233. The van der Waals surface area contributed by atoms with Gasteiger partial charge in [-0.15, -0.1) is 0 Å². The van der Waals surface area contributed by atoms with Crippen LogP contribution in [0, 0.1) is 26.7 Å². The van der Waals surface area contributed by atoms with Crippen molar-refractivity contribution in [1.82, 2.24) is 9.97 Å². The van der Waals surface area contributed by atoms with Crippen LogP contribution in [-0.2, 0) is 0 Å². The number of aliphatic hydroxyl groups excluding tert-OH is 1. The highest BCUT2D eigenvalue weighted by atomic mass is 16.3. The quantitative estimate of drug-likeness (QED) is 0.514. The maximum atomic E-state index is 9.71. The summed E-state index contributed by atoms with van der Waals surface area (Å²) in [6, 6.07) is 16.2. The number of nitrogens with zero attached hydrogens (tertiary/aromatic N) is 2. The lowest BCUT2D eigenvalue weighted by molar-refractivity contribution is 0.248. The van der Waals surface area contributed by atoms with Gasteiger partial charge in [0, 0.05) is 17.3 Å². The summed E-state index contributed by atoms with van der Waals surface area (Å²) in [5.41, 5.74) is 6.49. The van der Waals surface area contributed by atoms with Gasteiger partial charge in [0.25, 0.3) is 0 Å². The van der Waals surface area contributed by atoms with Gasteiger partial charge in [-0.2, -0.15) is 4.98 Å². The van der Waals surface area contributed by atoms with Gasteiger partial charge in [-0.25, -0.2) is 4.98 Å². The zero-order valence-electron chi connectivity index (χ0n) is 17.8. The third-order valence-corrected chi connectivity index (χ3v) is 5.04. The summed E-state index contributed by atoms with van der Waals surface area (Å²) in [7, 11) is 0. The fraction of sp³-hybridized carbons (Fsp3) is 0.333. The molecule has 0 aliphatic heterocycles. The van der Waals surface area contributed by atoms with Crippen LogP contribution < -0.4 is 10.6 Å². The molecule has 5 heteroatoms. The number of aryl methyl sites for hydroxylation is 3. The number of hydrogen-bond donors (Lipinski definition) is 3.